The van der Waals surface area contributed by atoms with Gasteiger partial charge in [0.05, 0.1) is 6.10 Å². The maximum Gasteiger partial charge on any atom is 0.122 e. The zero-order valence-electron chi connectivity index (χ0n) is 11.0. The first kappa shape index (κ1) is 13.0. The van der Waals surface area contributed by atoms with E-state index in [1.807, 2.05) is 7.05 Å². The van der Waals surface area contributed by atoms with Gasteiger partial charge in [-0.25, -0.2) is 0 Å². The Morgan fingerprint density at radius 1 is 1.25 bits per heavy atom. The monoisotopic (exact) mass is 221 g/mol. The van der Waals surface area contributed by atoms with Crippen LogP contribution in [0, 0.1) is 6.92 Å². The zero-order chi connectivity index (χ0) is 12.1. The van der Waals surface area contributed by atoms with E-state index >= 15 is 0 Å². The van der Waals surface area contributed by atoms with Crippen molar-refractivity contribution in [2.24, 2.45) is 0 Å². The fourth-order valence-electron chi connectivity index (χ4n) is 1.79. The number of rotatable bonds is 5. The maximum atomic E-state index is 5.72. The molecule has 0 amide bonds. The molecule has 1 N–H and O–H groups in total. The van der Waals surface area contributed by atoms with Gasteiger partial charge in [-0.15, -0.1) is 0 Å². The molecule has 1 aromatic carbocycles. The van der Waals surface area contributed by atoms with Gasteiger partial charge < -0.3 is 10.1 Å². The van der Waals surface area contributed by atoms with E-state index in [0.717, 1.165) is 12.3 Å². The highest BCUT2D eigenvalue weighted by Gasteiger charge is 2.07. The molecule has 0 bridgehead atoms. The van der Waals surface area contributed by atoms with Gasteiger partial charge in [-0.3, -0.25) is 0 Å². The molecule has 16 heavy (non-hydrogen) atoms. The van der Waals surface area contributed by atoms with Crippen molar-refractivity contribution in [3.05, 3.63) is 29.3 Å². The van der Waals surface area contributed by atoms with Crippen molar-refractivity contribution in [2.75, 3.05) is 13.6 Å². The quantitative estimate of drug-likeness (QED) is 0.825. The van der Waals surface area contributed by atoms with E-state index in [0.29, 0.717) is 5.92 Å². The van der Waals surface area contributed by atoms with Crippen LogP contribution in [-0.4, -0.2) is 19.7 Å². The molecule has 0 aromatic heterocycles. The molecule has 2 nitrogen and oxygen atoms in total. The summed E-state index contributed by atoms with van der Waals surface area (Å²) in [6, 6.07) is 6.46. The number of nitrogens with one attached hydrogen (secondary N) is 1. The van der Waals surface area contributed by atoms with Gasteiger partial charge >= 0.3 is 0 Å². The highest BCUT2D eigenvalue weighted by atomic mass is 16.5. The van der Waals surface area contributed by atoms with Gasteiger partial charge in [0.25, 0.3) is 0 Å². The Hall–Kier alpha value is -1.02. The Balaban J connectivity index is 2.82. The number of hydrogen-bond donors (Lipinski definition) is 1. The van der Waals surface area contributed by atoms with Crippen molar-refractivity contribution in [3.8, 4) is 5.75 Å². The lowest BCUT2D eigenvalue weighted by Gasteiger charge is -2.16. The third-order valence-electron chi connectivity index (χ3n) is 2.64. The van der Waals surface area contributed by atoms with Crippen molar-refractivity contribution in [3.63, 3.8) is 0 Å². The Morgan fingerprint density at radius 3 is 2.44 bits per heavy atom. The molecular weight excluding hydrogens is 198 g/mol. The molecule has 0 fully saturated rings. The fraction of sp³-hybridized carbons (Fsp3) is 0.571. The summed E-state index contributed by atoms with van der Waals surface area (Å²) in [5.41, 5.74) is 2.58. The van der Waals surface area contributed by atoms with E-state index < -0.39 is 0 Å². The molecule has 0 heterocycles. The van der Waals surface area contributed by atoms with Gasteiger partial charge in [-0.1, -0.05) is 19.1 Å². The molecule has 0 saturated heterocycles. The molecule has 1 rings (SSSR count). The Morgan fingerprint density at radius 2 is 1.94 bits per heavy atom. The summed E-state index contributed by atoms with van der Waals surface area (Å²) in [6.45, 7) is 9.44. The normalized spacial score (nSPS) is 12.9. The molecule has 1 unspecified atom stereocenters. The summed E-state index contributed by atoms with van der Waals surface area (Å²) in [5.74, 6) is 1.53. The molecule has 0 radical (unpaired) electrons. The van der Waals surface area contributed by atoms with E-state index in [1.54, 1.807) is 0 Å². The van der Waals surface area contributed by atoms with Crippen molar-refractivity contribution >= 4 is 0 Å². The number of likely N-dealkylation sites (N-methyl/N-ethyl adjacent to an activating group) is 1. The summed E-state index contributed by atoms with van der Waals surface area (Å²) in [4.78, 5) is 0. The second-order valence-corrected chi connectivity index (χ2v) is 4.65. The highest BCUT2D eigenvalue weighted by molar-refractivity contribution is 5.37. The van der Waals surface area contributed by atoms with E-state index in [-0.39, 0.29) is 6.10 Å². The molecule has 1 aromatic rings. The van der Waals surface area contributed by atoms with Crippen LogP contribution in [0.5, 0.6) is 5.75 Å². The molecule has 2 heteroatoms. The lowest BCUT2D eigenvalue weighted by atomic mass is 9.99. The van der Waals surface area contributed by atoms with Crippen molar-refractivity contribution in [2.45, 2.75) is 39.7 Å². The molecule has 0 aliphatic heterocycles. The third-order valence-corrected chi connectivity index (χ3v) is 2.64. The van der Waals surface area contributed by atoms with Gasteiger partial charge in [0, 0.05) is 6.54 Å². The summed E-state index contributed by atoms with van der Waals surface area (Å²) >= 11 is 0. The molecule has 0 saturated carbocycles. The Labute approximate surface area is 99.0 Å². The van der Waals surface area contributed by atoms with Crippen LogP contribution in [0.2, 0.25) is 0 Å². The van der Waals surface area contributed by atoms with Gasteiger partial charge in [0.2, 0.25) is 0 Å². The minimum Gasteiger partial charge on any atom is -0.491 e. The number of benzene rings is 1. The SMILES string of the molecule is CNCC(C)c1ccc(OC(C)C)c(C)c1. The standard InChI is InChI=1S/C14H23NO/c1-10(2)16-14-7-6-13(8-11(14)3)12(4)9-15-5/h6-8,10,12,15H,9H2,1-5H3. The lowest BCUT2D eigenvalue weighted by molar-refractivity contribution is 0.240. The van der Waals surface area contributed by atoms with Crippen LogP contribution >= 0.6 is 0 Å². The van der Waals surface area contributed by atoms with E-state index in [4.69, 9.17) is 4.74 Å². The maximum absolute atomic E-state index is 5.72. The highest BCUT2D eigenvalue weighted by Crippen LogP contribution is 2.24. The van der Waals surface area contributed by atoms with E-state index in [2.05, 4.69) is 51.2 Å². The van der Waals surface area contributed by atoms with Crippen molar-refractivity contribution in [1.29, 1.82) is 0 Å². The van der Waals surface area contributed by atoms with Crippen LogP contribution in [0.1, 0.15) is 37.8 Å². The first-order chi connectivity index (χ1) is 7.54. The molecule has 0 aliphatic rings. The largest absolute Gasteiger partial charge is 0.491 e. The van der Waals surface area contributed by atoms with E-state index in [1.165, 1.54) is 11.1 Å². The zero-order valence-corrected chi connectivity index (χ0v) is 11.0. The molecule has 0 aliphatic carbocycles. The smallest absolute Gasteiger partial charge is 0.122 e. The van der Waals surface area contributed by atoms with Crippen LogP contribution in [0.3, 0.4) is 0 Å². The minimum absolute atomic E-state index is 0.235. The minimum atomic E-state index is 0.235. The second kappa shape index (κ2) is 5.90. The predicted molar refractivity (Wildman–Crippen MR) is 69.3 cm³/mol. The van der Waals surface area contributed by atoms with Crippen molar-refractivity contribution < 1.29 is 4.74 Å². The topological polar surface area (TPSA) is 21.3 Å². The van der Waals surface area contributed by atoms with Gasteiger partial charge in [0.15, 0.2) is 0 Å². The molecular formula is C14H23NO. The van der Waals surface area contributed by atoms with Crippen LogP contribution in [0.25, 0.3) is 0 Å². The van der Waals surface area contributed by atoms with Gasteiger partial charge in [-0.2, -0.15) is 0 Å². The van der Waals surface area contributed by atoms with Crippen LogP contribution in [0.15, 0.2) is 18.2 Å². The first-order valence-electron chi connectivity index (χ1n) is 5.96. The van der Waals surface area contributed by atoms with E-state index in [9.17, 15) is 0 Å². The first-order valence-corrected chi connectivity index (χ1v) is 5.96. The molecule has 90 valence electrons. The van der Waals surface area contributed by atoms with Gasteiger partial charge in [-0.05, 0) is 50.9 Å². The fourth-order valence-corrected chi connectivity index (χ4v) is 1.79. The summed E-state index contributed by atoms with van der Waals surface area (Å²) in [5, 5.41) is 3.20. The van der Waals surface area contributed by atoms with Crippen LogP contribution < -0.4 is 10.1 Å². The Kier molecular flexibility index (Phi) is 4.81. The Bertz CT molecular complexity index is 334. The van der Waals surface area contributed by atoms with Gasteiger partial charge in [0.1, 0.15) is 5.75 Å². The van der Waals surface area contributed by atoms with Crippen LogP contribution in [-0.2, 0) is 0 Å². The number of ether oxygens (including phenoxy) is 1. The number of aryl methyl sites for hydroxylation is 1. The number of hydrogen-bond acceptors (Lipinski definition) is 2. The summed E-state index contributed by atoms with van der Waals surface area (Å²) in [7, 11) is 1.99. The van der Waals surface area contributed by atoms with Crippen molar-refractivity contribution in [1.82, 2.24) is 5.32 Å². The van der Waals surface area contributed by atoms with Crippen LogP contribution in [0.4, 0.5) is 0 Å². The predicted octanol–water partition coefficient (Wildman–Crippen LogP) is 3.11. The second-order valence-electron chi connectivity index (χ2n) is 4.65. The average molecular weight is 221 g/mol. The molecule has 1 atom stereocenters. The molecule has 0 spiro atoms. The lowest BCUT2D eigenvalue weighted by Crippen LogP contribution is -2.15. The average Bonchev–Trinajstić information content (AvgIpc) is 2.20. The summed E-state index contributed by atoms with van der Waals surface area (Å²) in [6.07, 6.45) is 0.235. The third kappa shape index (κ3) is 3.53. The summed E-state index contributed by atoms with van der Waals surface area (Å²) < 4.78 is 5.72.